The normalized spacial score (nSPS) is 26.6. The molecule has 0 heterocycles. The Morgan fingerprint density at radius 1 is 0.941 bits per heavy atom. The molecule has 0 aromatic carbocycles. The van der Waals surface area contributed by atoms with Crippen LogP contribution in [0.4, 0.5) is 0 Å². The van der Waals surface area contributed by atoms with Gasteiger partial charge in [0.2, 0.25) is 0 Å². The summed E-state index contributed by atoms with van der Waals surface area (Å²) >= 11 is 0. The summed E-state index contributed by atoms with van der Waals surface area (Å²) < 4.78 is 0. The second-order valence-corrected chi connectivity index (χ2v) is 6.59. The first-order valence-electron chi connectivity index (χ1n) is 8.19. The van der Waals surface area contributed by atoms with Gasteiger partial charge >= 0.3 is 0 Å². The molecule has 1 rings (SSSR count). The zero-order chi connectivity index (χ0) is 12.7. The van der Waals surface area contributed by atoms with Crippen molar-refractivity contribution in [3.63, 3.8) is 0 Å². The second-order valence-electron chi connectivity index (χ2n) is 6.59. The van der Waals surface area contributed by atoms with Gasteiger partial charge in [0.25, 0.3) is 0 Å². The molecule has 0 aliphatic heterocycles. The lowest BCUT2D eigenvalue weighted by atomic mass is 9.83. The van der Waals surface area contributed by atoms with E-state index < -0.39 is 0 Å². The van der Waals surface area contributed by atoms with Crippen molar-refractivity contribution in [1.82, 2.24) is 0 Å². The van der Waals surface area contributed by atoms with Gasteiger partial charge < -0.3 is 0 Å². The zero-order valence-corrected chi connectivity index (χ0v) is 12.7. The molecule has 3 atom stereocenters. The van der Waals surface area contributed by atoms with Crippen LogP contribution in [0.25, 0.3) is 0 Å². The molecule has 102 valence electrons. The fourth-order valence-corrected chi connectivity index (χ4v) is 3.69. The quantitative estimate of drug-likeness (QED) is 0.451. The third kappa shape index (κ3) is 5.02. The van der Waals surface area contributed by atoms with E-state index in [1.165, 1.54) is 57.8 Å². The average molecular weight is 238 g/mol. The Labute approximate surface area is 110 Å². The van der Waals surface area contributed by atoms with Gasteiger partial charge in [-0.25, -0.2) is 0 Å². The van der Waals surface area contributed by atoms with Crippen LogP contribution < -0.4 is 0 Å². The second kappa shape index (κ2) is 8.16. The first kappa shape index (κ1) is 15.1. The van der Waals surface area contributed by atoms with E-state index in [0.717, 1.165) is 23.7 Å². The summed E-state index contributed by atoms with van der Waals surface area (Å²) in [7, 11) is 0. The van der Waals surface area contributed by atoms with Crippen molar-refractivity contribution in [3.8, 4) is 0 Å². The van der Waals surface area contributed by atoms with E-state index in [9.17, 15) is 0 Å². The van der Waals surface area contributed by atoms with Crippen LogP contribution in [0.2, 0.25) is 0 Å². The molecule has 3 unspecified atom stereocenters. The summed E-state index contributed by atoms with van der Waals surface area (Å²) in [5, 5.41) is 0. The van der Waals surface area contributed by atoms with Crippen LogP contribution in [0.3, 0.4) is 0 Å². The van der Waals surface area contributed by atoms with Crippen LogP contribution >= 0.6 is 0 Å². The third-order valence-electron chi connectivity index (χ3n) is 5.08. The van der Waals surface area contributed by atoms with Gasteiger partial charge in [-0.1, -0.05) is 66.2 Å². The lowest BCUT2D eigenvalue weighted by Crippen LogP contribution is -2.12. The van der Waals surface area contributed by atoms with Crippen LogP contribution in [0, 0.1) is 23.7 Å². The van der Waals surface area contributed by atoms with Gasteiger partial charge in [0.1, 0.15) is 0 Å². The average Bonchev–Trinajstić information content (AvgIpc) is 2.79. The molecule has 1 aliphatic rings. The van der Waals surface area contributed by atoms with E-state index in [1.54, 1.807) is 0 Å². The van der Waals surface area contributed by atoms with Crippen molar-refractivity contribution >= 4 is 0 Å². The maximum absolute atomic E-state index is 2.41. The summed E-state index contributed by atoms with van der Waals surface area (Å²) in [4.78, 5) is 0. The lowest BCUT2D eigenvalue weighted by molar-refractivity contribution is 0.279. The molecule has 0 radical (unpaired) electrons. The smallest absolute Gasteiger partial charge is 0.0383 e. The molecular formula is C17H34. The van der Waals surface area contributed by atoms with Gasteiger partial charge in [-0.15, -0.1) is 0 Å². The van der Waals surface area contributed by atoms with Gasteiger partial charge in [0.05, 0.1) is 0 Å². The first-order valence-corrected chi connectivity index (χ1v) is 8.19. The standard InChI is InChI=1S/C17H34/c1-5-7-8-9-10-15(6-2)17-12-11-16(13-17)14(3)4/h14-17H,5-13H2,1-4H3. The maximum Gasteiger partial charge on any atom is -0.0383 e. The van der Waals surface area contributed by atoms with Crippen molar-refractivity contribution in [2.75, 3.05) is 0 Å². The number of unbranched alkanes of at least 4 members (excludes halogenated alkanes) is 3. The molecule has 0 saturated heterocycles. The largest absolute Gasteiger partial charge is 0.0654 e. The molecule has 0 aromatic rings. The van der Waals surface area contributed by atoms with Gasteiger partial charge in [0.15, 0.2) is 0 Å². The fraction of sp³-hybridized carbons (Fsp3) is 1.00. The Morgan fingerprint density at radius 3 is 2.18 bits per heavy atom. The third-order valence-corrected chi connectivity index (χ3v) is 5.08. The predicted molar refractivity (Wildman–Crippen MR) is 78.2 cm³/mol. The number of rotatable bonds is 8. The highest BCUT2D eigenvalue weighted by Crippen LogP contribution is 2.41. The van der Waals surface area contributed by atoms with E-state index in [-0.39, 0.29) is 0 Å². The minimum absolute atomic E-state index is 0.914. The molecule has 0 heteroatoms. The number of hydrogen-bond donors (Lipinski definition) is 0. The highest BCUT2D eigenvalue weighted by Gasteiger charge is 2.30. The molecule has 0 amide bonds. The van der Waals surface area contributed by atoms with Gasteiger partial charge in [0, 0.05) is 0 Å². The fourth-order valence-electron chi connectivity index (χ4n) is 3.69. The van der Waals surface area contributed by atoms with Crippen molar-refractivity contribution in [3.05, 3.63) is 0 Å². The Bertz CT molecular complexity index is 182. The minimum atomic E-state index is 0.914. The van der Waals surface area contributed by atoms with Crippen molar-refractivity contribution in [1.29, 1.82) is 0 Å². The van der Waals surface area contributed by atoms with E-state index in [4.69, 9.17) is 0 Å². The molecule has 0 bridgehead atoms. The summed E-state index contributed by atoms with van der Waals surface area (Å²) in [6.07, 6.45) is 13.2. The summed E-state index contributed by atoms with van der Waals surface area (Å²) in [6, 6.07) is 0. The molecule has 17 heavy (non-hydrogen) atoms. The number of hydrogen-bond acceptors (Lipinski definition) is 0. The molecule has 0 spiro atoms. The van der Waals surface area contributed by atoms with Crippen LogP contribution in [-0.4, -0.2) is 0 Å². The van der Waals surface area contributed by atoms with Gasteiger partial charge in [-0.3, -0.25) is 0 Å². The maximum atomic E-state index is 2.41. The van der Waals surface area contributed by atoms with E-state index in [2.05, 4.69) is 27.7 Å². The van der Waals surface area contributed by atoms with Crippen molar-refractivity contribution in [2.45, 2.75) is 85.5 Å². The van der Waals surface area contributed by atoms with Gasteiger partial charge in [-0.05, 0) is 42.9 Å². The summed E-state index contributed by atoms with van der Waals surface area (Å²) in [6.45, 7) is 9.54. The van der Waals surface area contributed by atoms with E-state index in [1.807, 2.05) is 0 Å². The van der Waals surface area contributed by atoms with Crippen molar-refractivity contribution < 1.29 is 0 Å². The molecule has 1 fully saturated rings. The monoisotopic (exact) mass is 238 g/mol. The minimum Gasteiger partial charge on any atom is -0.0654 e. The Morgan fingerprint density at radius 2 is 1.65 bits per heavy atom. The molecule has 0 aromatic heterocycles. The highest BCUT2D eigenvalue weighted by molar-refractivity contribution is 4.81. The molecule has 1 saturated carbocycles. The topological polar surface area (TPSA) is 0 Å². The molecule has 0 nitrogen and oxygen atoms in total. The molecule has 0 N–H and O–H groups in total. The highest BCUT2D eigenvalue weighted by atomic mass is 14.4. The van der Waals surface area contributed by atoms with E-state index >= 15 is 0 Å². The SMILES string of the molecule is CCCCCCC(CC)C1CCC(C(C)C)C1. The molecular weight excluding hydrogens is 204 g/mol. The summed E-state index contributed by atoms with van der Waals surface area (Å²) in [5.41, 5.74) is 0. The lowest BCUT2D eigenvalue weighted by Gasteiger charge is -2.23. The van der Waals surface area contributed by atoms with Crippen LogP contribution in [0.15, 0.2) is 0 Å². The summed E-state index contributed by atoms with van der Waals surface area (Å²) in [5.74, 6) is 4.05. The Balaban J connectivity index is 2.26. The van der Waals surface area contributed by atoms with Crippen LogP contribution in [0.1, 0.15) is 85.5 Å². The zero-order valence-electron chi connectivity index (χ0n) is 12.7. The molecule has 1 aliphatic carbocycles. The Hall–Kier alpha value is 0. The van der Waals surface area contributed by atoms with Crippen LogP contribution in [0.5, 0.6) is 0 Å². The first-order chi connectivity index (χ1) is 8.19. The Kier molecular flexibility index (Phi) is 7.23. The van der Waals surface area contributed by atoms with Crippen molar-refractivity contribution in [2.24, 2.45) is 23.7 Å². The van der Waals surface area contributed by atoms with E-state index in [0.29, 0.717) is 0 Å². The van der Waals surface area contributed by atoms with Crippen LogP contribution in [-0.2, 0) is 0 Å². The predicted octanol–water partition coefficient (Wildman–Crippen LogP) is 6.06. The van der Waals surface area contributed by atoms with Gasteiger partial charge in [-0.2, -0.15) is 0 Å².